The standard InChI is InChI=1S/C12H21NO2/c1-2-6-12(11(14)15)7-3-8-13(9-12)10-4-5-10/h10H,2-9H2,1H3,(H,14,15). The molecule has 0 aromatic rings. The second-order valence-electron chi connectivity index (χ2n) is 5.14. The maximum absolute atomic E-state index is 11.4. The molecule has 2 fully saturated rings. The lowest BCUT2D eigenvalue weighted by Gasteiger charge is -2.40. The maximum Gasteiger partial charge on any atom is 0.310 e. The quantitative estimate of drug-likeness (QED) is 0.774. The Hall–Kier alpha value is -0.570. The molecule has 1 N–H and O–H groups in total. The van der Waals surface area contributed by atoms with E-state index < -0.39 is 11.4 Å². The van der Waals surface area contributed by atoms with Gasteiger partial charge in [-0.05, 0) is 38.6 Å². The summed E-state index contributed by atoms with van der Waals surface area (Å²) in [7, 11) is 0. The molecule has 0 aromatic carbocycles. The van der Waals surface area contributed by atoms with Crippen LogP contribution in [0.4, 0.5) is 0 Å². The first-order valence-corrected chi connectivity index (χ1v) is 6.15. The first-order valence-electron chi connectivity index (χ1n) is 6.15. The zero-order chi connectivity index (χ0) is 10.9. The van der Waals surface area contributed by atoms with E-state index in [9.17, 15) is 9.90 Å². The van der Waals surface area contributed by atoms with Crippen LogP contribution >= 0.6 is 0 Å². The minimum Gasteiger partial charge on any atom is -0.481 e. The number of piperidine rings is 1. The lowest BCUT2D eigenvalue weighted by Crippen LogP contribution is -2.48. The lowest BCUT2D eigenvalue weighted by molar-refractivity contribution is -0.153. The molecule has 3 heteroatoms. The molecule has 1 saturated carbocycles. The van der Waals surface area contributed by atoms with E-state index in [2.05, 4.69) is 11.8 Å². The van der Waals surface area contributed by atoms with Gasteiger partial charge in [0.25, 0.3) is 0 Å². The number of carbonyl (C=O) groups is 1. The summed E-state index contributed by atoms with van der Waals surface area (Å²) in [6.07, 6.45) is 6.31. The van der Waals surface area contributed by atoms with Gasteiger partial charge in [0.2, 0.25) is 0 Å². The third kappa shape index (κ3) is 2.17. The van der Waals surface area contributed by atoms with E-state index in [0.717, 1.165) is 38.8 Å². The molecule has 3 nitrogen and oxygen atoms in total. The summed E-state index contributed by atoms with van der Waals surface area (Å²) in [6.45, 7) is 3.99. The molecular formula is C12H21NO2. The van der Waals surface area contributed by atoms with Gasteiger partial charge >= 0.3 is 5.97 Å². The van der Waals surface area contributed by atoms with Crippen LogP contribution in [0.15, 0.2) is 0 Å². The van der Waals surface area contributed by atoms with Gasteiger partial charge in [-0.1, -0.05) is 13.3 Å². The van der Waals surface area contributed by atoms with E-state index in [4.69, 9.17) is 0 Å². The molecule has 86 valence electrons. The molecule has 2 aliphatic rings. The topological polar surface area (TPSA) is 40.5 Å². The molecular weight excluding hydrogens is 190 g/mol. The smallest absolute Gasteiger partial charge is 0.310 e. The van der Waals surface area contributed by atoms with Gasteiger partial charge < -0.3 is 5.11 Å². The van der Waals surface area contributed by atoms with Crippen LogP contribution in [0.1, 0.15) is 45.4 Å². The fourth-order valence-corrected chi connectivity index (χ4v) is 2.88. The Kier molecular flexibility index (Phi) is 3.01. The van der Waals surface area contributed by atoms with Gasteiger partial charge in [-0.25, -0.2) is 0 Å². The van der Waals surface area contributed by atoms with E-state index in [1.807, 2.05) is 0 Å². The van der Waals surface area contributed by atoms with Crippen molar-refractivity contribution in [2.45, 2.75) is 51.5 Å². The Bertz CT molecular complexity index is 246. The number of likely N-dealkylation sites (tertiary alicyclic amines) is 1. The molecule has 1 atom stereocenters. The van der Waals surface area contributed by atoms with Crippen molar-refractivity contribution in [3.63, 3.8) is 0 Å². The second-order valence-corrected chi connectivity index (χ2v) is 5.14. The molecule has 2 rings (SSSR count). The third-order valence-corrected chi connectivity index (χ3v) is 3.85. The molecule has 1 aliphatic carbocycles. The monoisotopic (exact) mass is 211 g/mol. The van der Waals surface area contributed by atoms with Crippen LogP contribution in [0.2, 0.25) is 0 Å². The van der Waals surface area contributed by atoms with Crippen LogP contribution in [-0.4, -0.2) is 35.1 Å². The van der Waals surface area contributed by atoms with Gasteiger partial charge in [-0.2, -0.15) is 0 Å². The number of hydrogen-bond donors (Lipinski definition) is 1. The third-order valence-electron chi connectivity index (χ3n) is 3.85. The van der Waals surface area contributed by atoms with Crippen molar-refractivity contribution in [3.05, 3.63) is 0 Å². The van der Waals surface area contributed by atoms with E-state index in [-0.39, 0.29) is 0 Å². The minimum atomic E-state index is -0.574. The van der Waals surface area contributed by atoms with Crippen molar-refractivity contribution < 1.29 is 9.90 Å². The fraction of sp³-hybridized carbons (Fsp3) is 0.917. The summed E-state index contributed by atoms with van der Waals surface area (Å²) in [4.78, 5) is 13.8. The van der Waals surface area contributed by atoms with Crippen LogP contribution in [-0.2, 0) is 4.79 Å². The van der Waals surface area contributed by atoms with Gasteiger partial charge in [-0.15, -0.1) is 0 Å². The highest BCUT2D eigenvalue weighted by atomic mass is 16.4. The van der Waals surface area contributed by atoms with E-state index in [1.165, 1.54) is 12.8 Å². The average molecular weight is 211 g/mol. The van der Waals surface area contributed by atoms with E-state index in [1.54, 1.807) is 0 Å². The Morgan fingerprint density at radius 2 is 2.27 bits per heavy atom. The number of nitrogens with zero attached hydrogens (tertiary/aromatic N) is 1. The van der Waals surface area contributed by atoms with E-state index in [0.29, 0.717) is 6.04 Å². The van der Waals surface area contributed by atoms with Crippen molar-refractivity contribution >= 4 is 5.97 Å². The summed E-state index contributed by atoms with van der Waals surface area (Å²) in [5.74, 6) is -0.574. The number of hydrogen-bond acceptors (Lipinski definition) is 2. The highest BCUT2D eigenvalue weighted by Gasteiger charge is 2.44. The molecule has 0 radical (unpaired) electrons. The Morgan fingerprint density at radius 3 is 2.80 bits per heavy atom. The highest BCUT2D eigenvalue weighted by molar-refractivity contribution is 5.75. The summed E-state index contributed by atoms with van der Waals surface area (Å²) in [6, 6.07) is 0.709. The molecule has 1 unspecified atom stereocenters. The lowest BCUT2D eigenvalue weighted by atomic mass is 9.76. The molecule has 1 heterocycles. The van der Waals surface area contributed by atoms with Gasteiger partial charge in [0.05, 0.1) is 5.41 Å². The first-order chi connectivity index (χ1) is 7.18. The van der Waals surface area contributed by atoms with Crippen LogP contribution in [0.5, 0.6) is 0 Å². The highest BCUT2D eigenvalue weighted by Crippen LogP contribution is 2.39. The largest absolute Gasteiger partial charge is 0.481 e. The summed E-state index contributed by atoms with van der Waals surface area (Å²) in [5, 5.41) is 9.41. The predicted molar refractivity (Wildman–Crippen MR) is 58.8 cm³/mol. The van der Waals surface area contributed by atoms with Crippen LogP contribution in [0.3, 0.4) is 0 Å². The van der Waals surface area contributed by atoms with Gasteiger partial charge in [-0.3, -0.25) is 9.69 Å². The van der Waals surface area contributed by atoms with Crippen molar-refractivity contribution in [1.29, 1.82) is 0 Å². The molecule has 1 aliphatic heterocycles. The van der Waals surface area contributed by atoms with Crippen molar-refractivity contribution in [2.24, 2.45) is 5.41 Å². The minimum absolute atomic E-state index is 0.435. The summed E-state index contributed by atoms with van der Waals surface area (Å²) < 4.78 is 0. The molecule has 1 saturated heterocycles. The fourth-order valence-electron chi connectivity index (χ4n) is 2.88. The predicted octanol–water partition coefficient (Wildman–Crippen LogP) is 2.12. The first kappa shape index (κ1) is 10.9. The van der Waals surface area contributed by atoms with Gasteiger partial charge in [0, 0.05) is 12.6 Å². The molecule has 0 bridgehead atoms. The Balaban J connectivity index is 2.05. The van der Waals surface area contributed by atoms with Crippen LogP contribution < -0.4 is 0 Å². The maximum atomic E-state index is 11.4. The average Bonchev–Trinajstić information content (AvgIpc) is 3.01. The molecule has 15 heavy (non-hydrogen) atoms. The Morgan fingerprint density at radius 1 is 1.53 bits per heavy atom. The van der Waals surface area contributed by atoms with Gasteiger partial charge in [0.1, 0.15) is 0 Å². The van der Waals surface area contributed by atoms with Crippen molar-refractivity contribution in [1.82, 2.24) is 4.90 Å². The number of carboxylic acids is 1. The van der Waals surface area contributed by atoms with Gasteiger partial charge in [0.15, 0.2) is 0 Å². The SMILES string of the molecule is CCCC1(C(=O)O)CCCN(C2CC2)C1. The normalized spacial score (nSPS) is 32.9. The van der Waals surface area contributed by atoms with Crippen molar-refractivity contribution in [3.8, 4) is 0 Å². The summed E-state index contributed by atoms with van der Waals surface area (Å²) in [5.41, 5.74) is -0.435. The zero-order valence-corrected chi connectivity index (χ0v) is 9.54. The van der Waals surface area contributed by atoms with E-state index >= 15 is 0 Å². The second kappa shape index (κ2) is 4.12. The van der Waals surface area contributed by atoms with Crippen LogP contribution in [0, 0.1) is 5.41 Å². The molecule has 0 spiro atoms. The molecule has 0 amide bonds. The number of rotatable bonds is 4. The zero-order valence-electron chi connectivity index (χ0n) is 9.54. The number of carboxylic acid groups (broad SMARTS) is 1. The number of aliphatic carboxylic acids is 1. The Labute approximate surface area is 91.5 Å². The van der Waals surface area contributed by atoms with Crippen LogP contribution in [0.25, 0.3) is 0 Å². The molecule has 0 aromatic heterocycles. The van der Waals surface area contributed by atoms with Crippen molar-refractivity contribution in [2.75, 3.05) is 13.1 Å². The summed E-state index contributed by atoms with van der Waals surface area (Å²) >= 11 is 0.